The summed E-state index contributed by atoms with van der Waals surface area (Å²) in [5.74, 6) is 0.295. The first-order valence-electron chi connectivity index (χ1n) is 4.50. The van der Waals surface area contributed by atoms with Crippen LogP contribution in [0.3, 0.4) is 0 Å². The molecule has 0 aromatic heterocycles. The van der Waals surface area contributed by atoms with Crippen LogP contribution in [0.2, 0.25) is 0 Å². The zero-order valence-corrected chi connectivity index (χ0v) is 7.49. The minimum atomic E-state index is 0.295. The Kier molecular flexibility index (Phi) is 4.05. The summed E-state index contributed by atoms with van der Waals surface area (Å²) in [6.07, 6.45) is 9.78. The molecule has 0 amide bonds. The van der Waals surface area contributed by atoms with Crippen LogP contribution >= 0.6 is 0 Å². The third kappa shape index (κ3) is 2.47. The molecule has 0 radical (unpaired) electrons. The molecule has 0 saturated carbocycles. The number of rotatable bonds is 3. The van der Waals surface area contributed by atoms with Crippen molar-refractivity contribution in [3.8, 4) is 0 Å². The van der Waals surface area contributed by atoms with Gasteiger partial charge in [-0.15, -0.1) is 0 Å². The maximum absolute atomic E-state index is 8.34. The van der Waals surface area contributed by atoms with Crippen LogP contribution < -0.4 is 0 Å². The second-order valence-corrected chi connectivity index (χ2v) is 3.06. The van der Waals surface area contributed by atoms with E-state index in [1.54, 1.807) is 0 Å². The van der Waals surface area contributed by atoms with Gasteiger partial charge in [0.2, 0.25) is 0 Å². The molecule has 12 heavy (non-hydrogen) atoms. The number of allylic oxidation sites excluding steroid dienone is 2. The maximum atomic E-state index is 8.34. The smallest absolute Gasteiger partial charge is 0.0919 e. The van der Waals surface area contributed by atoms with Crippen LogP contribution in [0.25, 0.3) is 0 Å². The molecule has 1 aliphatic rings. The molecular formula is C10H16O2. The summed E-state index contributed by atoms with van der Waals surface area (Å²) in [5, 5.41) is 8.34. The van der Waals surface area contributed by atoms with E-state index in [1.165, 1.54) is 5.57 Å². The Labute approximate surface area is 73.5 Å². The average Bonchev–Trinajstić information content (AvgIpc) is 2.09. The van der Waals surface area contributed by atoms with Crippen molar-refractivity contribution in [3.63, 3.8) is 0 Å². The van der Waals surface area contributed by atoms with Crippen molar-refractivity contribution in [2.24, 2.45) is 5.92 Å². The molecule has 0 fully saturated rings. The van der Waals surface area contributed by atoms with E-state index >= 15 is 0 Å². The predicted molar refractivity (Wildman–Crippen MR) is 48.8 cm³/mol. The highest BCUT2D eigenvalue weighted by atomic mass is 17.1. The normalized spacial score (nSPS) is 26.5. The SMILES string of the molecule is CCC=C1CCC=CC1COO. The molecule has 1 unspecified atom stereocenters. The van der Waals surface area contributed by atoms with Gasteiger partial charge in [0.15, 0.2) is 0 Å². The molecular weight excluding hydrogens is 152 g/mol. The summed E-state index contributed by atoms with van der Waals surface area (Å²) in [4.78, 5) is 4.17. The van der Waals surface area contributed by atoms with E-state index in [-0.39, 0.29) is 0 Å². The zero-order valence-electron chi connectivity index (χ0n) is 7.49. The van der Waals surface area contributed by atoms with E-state index in [0.717, 1.165) is 19.3 Å². The molecule has 0 aromatic carbocycles. The summed E-state index contributed by atoms with van der Waals surface area (Å²) < 4.78 is 0. The van der Waals surface area contributed by atoms with Crippen LogP contribution in [0.1, 0.15) is 26.2 Å². The van der Waals surface area contributed by atoms with E-state index in [4.69, 9.17) is 5.26 Å². The first-order valence-corrected chi connectivity index (χ1v) is 4.50. The molecule has 2 nitrogen and oxygen atoms in total. The second kappa shape index (κ2) is 5.12. The molecule has 2 heteroatoms. The van der Waals surface area contributed by atoms with Gasteiger partial charge in [-0.25, -0.2) is 4.89 Å². The predicted octanol–water partition coefficient (Wildman–Crippen LogP) is 2.78. The summed E-state index contributed by atoms with van der Waals surface area (Å²) >= 11 is 0. The first kappa shape index (κ1) is 9.49. The molecule has 0 bridgehead atoms. The lowest BCUT2D eigenvalue weighted by Crippen LogP contribution is -2.11. The second-order valence-electron chi connectivity index (χ2n) is 3.06. The number of hydrogen-bond donors (Lipinski definition) is 1. The molecule has 0 heterocycles. The molecule has 0 spiro atoms. The Morgan fingerprint density at radius 2 is 2.58 bits per heavy atom. The lowest BCUT2D eigenvalue weighted by atomic mass is 9.90. The quantitative estimate of drug-likeness (QED) is 0.399. The molecule has 1 N–H and O–H groups in total. The Bertz CT molecular complexity index is 182. The van der Waals surface area contributed by atoms with Gasteiger partial charge in [-0.3, -0.25) is 5.26 Å². The van der Waals surface area contributed by atoms with Gasteiger partial charge in [0.1, 0.15) is 0 Å². The molecule has 0 aromatic rings. The van der Waals surface area contributed by atoms with Crippen molar-refractivity contribution < 1.29 is 10.1 Å². The first-order chi connectivity index (χ1) is 5.88. The Hall–Kier alpha value is -0.600. The van der Waals surface area contributed by atoms with Crippen molar-refractivity contribution in [1.29, 1.82) is 0 Å². The van der Waals surface area contributed by atoms with Crippen LogP contribution in [0.5, 0.6) is 0 Å². The van der Waals surface area contributed by atoms with Crippen molar-refractivity contribution in [3.05, 3.63) is 23.8 Å². The molecule has 1 rings (SSSR count). The molecule has 0 saturated heterocycles. The van der Waals surface area contributed by atoms with E-state index < -0.39 is 0 Å². The zero-order chi connectivity index (χ0) is 8.81. The van der Waals surface area contributed by atoms with Crippen LogP contribution in [-0.4, -0.2) is 11.9 Å². The summed E-state index contributed by atoms with van der Waals surface area (Å²) in [5.41, 5.74) is 1.40. The van der Waals surface area contributed by atoms with Crippen molar-refractivity contribution in [2.75, 3.05) is 6.61 Å². The summed E-state index contributed by atoms with van der Waals surface area (Å²) in [7, 11) is 0. The van der Waals surface area contributed by atoms with Crippen LogP contribution in [0.4, 0.5) is 0 Å². The lowest BCUT2D eigenvalue weighted by molar-refractivity contribution is -0.246. The minimum Gasteiger partial charge on any atom is -0.252 e. The van der Waals surface area contributed by atoms with Gasteiger partial charge in [0.05, 0.1) is 6.61 Å². The molecule has 1 aliphatic carbocycles. The van der Waals surface area contributed by atoms with Gasteiger partial charge in [0, 0.05) is 5.92 Å². The minimum absolute atomic E-state index is 0.295. The van der Waals surface area contributed by atoms with Gasteiger partial charge in [-0.05, 0) is 19.3 Å². The third-order valence-corrected chi connectivity index (χ3v) is 2.16. The standard InChI is InChI=1S/C10H16O2/c1-2-5-9-6-3-4-7-10(9)8-12-11/h4-5,7,10-11H,2-3,6,8H2,1H3. The van der Waals surface area contributed by atoms with Crippen molar-refractivity contribution >= 4 is 0 Å². The van der Waals surface area contributed by atoms with Gasteiger partial charge in [-0.2, -0.15) is 0 Å². The van der Waals surface area contributed by atoms with Gasteiger partial charge < -0.3 is 0 Å². The molecule has 1 atom stereocenters. The van der Waals surface area contributed by atoms with Gasteiger partial charge in [-0.1, -0.05) is 30.7 Å². The highest BCUT2D eigenvalue weighted by Crippen LogP contribution is 2.24. The molecule has 0 aliphatic heterocycles. The fraction of sp³-hybridized carbons (Fsp3) is 0.600. The van der Waals surface area contributed by atoms with E-state index in [9.17, 15) is 0 Å². The largest absolute Gasteiger partial charge is 0.252 e. The third-order valence-electron chi connectivity index (χ3n) is 2.16. The van der Waals surface area contributed by atoms with Crippen LogP contribution in [0, 0.1) is 5.92 Å². The highest BCUT2D eigenvalue weighted by molar-refractivity contribution is 5.18. The topological polar surface area (TPSA) is 29.5 Å². The average molecular weight is 168 g/mol. The highest BCUT2D eigenvalue weighted by Gasteiger charge is 2.13. The fourth-order valence-electron chi connectivity index (χ4n) is 1.58. The Morgan fingerprint density at radius 3 is 3.25 bits per heavy atom. The van der Waals surface area contributed by atoms with Crippen LogP contribution in [-0.2, 0) is 4.89 Å². The van der Waals surface area contributed by atoms with Crippen molar-refractivity contribution in [1.82, 2.24) is 0 Å². The van der Waals surface area contributed by atoms with E-state index in [0.29, 0.717) is 12.5 Å². The van der Waals surface area contributed by atoms with Gasteiger partial charge in [0.25, 0.3) is 0 Å². The lowest BCUT2D eigenvalue weighted by Gasteiger charge is -2.18. The Morgan fingerprint density at radius 1 is 1.75 bits per heavy atom. The van der Waals surface area contributed by atoms with E-state index in [1.807, 2.05) is 0 Å². The fourth-order valence-corrected chi connectivity index (χ4v) is 1.58. The van der Waals surface area contributed by atoms with Gasteiger partial charge >= 0.3 is 0 Å². The maximum Gasteiger partial charge on any atom is 0.0919 e. The Balaban J connectivity index is 2.58. The monoisotopic (exact) mass is 168 g/mol. The van der Waals surface area contributed by atoms with Crippen LogP contribution in [0.15, 0.2) is 23.8 Å². The summed E-state index contributed by atoms with van der Waals surface area (Å²) in [6.45, 7) is 2.52. The number of hydrogen-bond acceptors (Lipinski definition) is 2. The summed E-state index contributed by atoms with van der Waals surface area (Å²) in [6, 6.07) is 0. The van der Waals surface area contributed by atoms with Crippen molar-refractivity contribution in [2.45, 2.75) is 26.2 Å². The molecule has 68 valence electrons. The van der Waals surface area contributed by atoms with E-state index in [2.05, 4.69) is 30.0 Å².